The highest BCUT2D eigenvalue weighted by Gasteiger charge is 2.33. The number of hydrogen-bond acceptors (Lipinski definition) is 5. The average Bonchev–Trinajstić information content (AvgIpc) is 3.17. The van der Waals surface area contributed by atoms with Gasteiger partial charge in [0.15, 0.2) is 5.79 Å². The Labute approximate surface area is 141 Å². The van der Waals surface area contributed by atoms with Crippen LogP contribution in [-0.4, -0.2) is 42.8 Å². The molecule has 0 spiro atoms. The molecule has 1 fully saturated rings. The van der Waals surface area contributed by atoms with Crippen molar-refractivity contribution in [2.75, 3.05) is 20.3 Å². The Morgan fingerprint density at radius 3 is 2.42 bits per heavy atom. The molecule has 2 heterocycles. The highest BCUT2D eigenvalue weighted by Crippen LogP contribution is 2.31. The Morgan fingerprint density at radius 2 is 1.88 bits per heavy atom. The Balaban J connectivity index is 1.79. The van der Waals surface area contributed by atoms with Gasteiger partial charge < -0.3 is 9.47 Å². The molecule has 0 atom stereocenters. The summed E-state index contributed by atoms with van der Waals surface area (Å²) in [4.78, 5) is 0.235. The van der Waals surface area contributed by atoms with Crippen molar-refractivity contribution in [1.82, 2.24) is 14.1 Å². The normalized spacial score (nSPS) is 17.5. The van der Waals surface area contributed by atoms with Gasteiger partial charge in [-0.05, 0) is 19.1 Å². The van der Waals surface area contributed by atoms with Crippen LogP contribution in [0.15, 0.2) is 41.6 Å². The van der Waals surface area contributed by atoms with Crippen LogP contribution in [0.3, 0.4) is 0 Å². The molecule has 1 saturated heterocycles. The molecule has 7 nitrogen and oxygen atoms in total. The fraction of sp³-hybridized carbons (Fsp3) is 0.438. The number of hydrogen-bond donors (Lipinski definition) is 0. The van der Waals surface area contributed by atoms with Crippen LogP contribution >= 0.6 is 0 Å². The summed E-state index contributed by atoms with van der Waals surface area (Å²) >= 11 is 0. The van der Waals surface area contributed by atoms with Crippen molar-refractivity contribution in [2.45, 2.75) is 24.2 Å². The van der Waals surface area contributed by atoms with Crippen LogP contribution in [0.5, 0.6) is 0 Å². The molecule has 0 amide bonds. The third-order valence-corrected chi connectivity index (χ3v) is 5.91. The van der Waals surface area contributed by atoms with Gasteiger partial charge in [0.1, 0.15) is 0 Å². The van der Waals surface area contributed by atoms with Gasteiger partial charge in [-0.25, -0.2) is 8.42 Å². The van der Waals surface area contributed by atoms with E-state index in [-0.39, 0.29) is 11.4 Å². The molecule has 2 aromatic rings. The van der Waals surface area contributed by atoms with E-state index in [0.717, 1.165) is 11.1 Å². The zero-order valence-electron chi connectivity index (χ0n) is 14.0. The number of rotatable bonds is 5. The Bertz CT molecular complexity index is 808. The van der Waals surface area contributed by atoms with E-state index in [9.17, 15) is 8.42 Å². The van der Waals surface area contributed by atoms with E-state index in [4.69, 9.17) is 9.47 Å². The summed E-state index contributed by atoms with van der Waals surface area (Å²) in [5.41, 5.74) is 1.63. The lowest BCUT2D eigenvalue weighted by Gasteiger charge is -2.23. The SMILES string of the molecule is CN(Cc1cnn(C)c1)S(=O)(=O)c1ccc(C2(C)OCCO2)cc1. The second-order valence-electron chi connectivity index (χ2n) is 5.95. The largest absolute Gasteiger partial charge is 0.344 e. The van der Waals surface area contributed by atoms with Crippen molar-refractivity contribution in [3.05, 3.63) is 47.8 Å². The van der Waals surface area contributed by atoms with Crippen LogP contribution in [0.4, 0.5) is 0 Å². The summed E-state index contributed by atoms with van der Waals surface area (Å²) in [6, 6.07) is 6.63. The number of sulfonamides is 1. The zero-order chi connectivity index (χ0) is 17.4. The first-order chi connectivity index (χ1) is 11.3. The quantitative estimate of drug-likeness (QED) is 0.815. The van der Waals surface area contributed by atoms with E-state index >= 15 is 0 Å². The standard InChI is InChI=1S/C16H21N3O4S/c1-16(22-8-9-23-16)14-4-6-15(7-5-14)24(20,21)19(3)12-13-10-17-18(2)11-13/h4-7,10-11H,8-9,12H2,1-3H3. The van der Waals surface area contributed by atoms with Crippen molar-refractivity contribution in [3.8, 4) is 0 Å². The van der Waals surface area contributed by atoms with Gasteiger partial charge in [0, 0.05) is 38.0 Å². The lowest BCUT2D eigenvalue weighted by molar-refractivity contribution is -0.149. The molecule has 1 aliphatic rings. The molecule has 1 aromatic heterocycles. The van der Waals surface area contributed by atoms with Crippen molar-refractivity contribution in [2.24, 2.45) is 7.05 Å². The van der Waals surface area contributed by atoms with E-state index in [0.29, 0.717) is 13.2 Å². The zero-order valence-corrected chi connectivity index (χ0v) is 14.8. The van der Waals surface area contributed by atoms with Crippen LogP contribution in [0.2, 0.25) is 0 Å². The molecule has 0 saturated carbocycles. The summed E-state index contributed by atoms with van der Waals surface area (Å²) in [7, 11) is -0.221. The average molecular weight is 351 g/mol. The maximum Gasteiger partial charge on any atom is 0.243 e. The van der Waals surface area contributed by atoms with Gasteiger partial charge in [-0.2, -0.15) is 9.40 Å². The summed E-state index contributed by atoms with van der Waals surface area (Å²) < 4.78 is 39.5. The van der Waals surface area contributed by atoms with E-state index < -0.39 is 15.8 Å². The number of nitrogens with zero attached hydrogens (tertiary/aromatic N) is 3. The van der Waals surface area contributed by atoms with Gasteiger partial charge in [-0.1, -0.05) is 12.1 Å². The molecule has 0 N–H and O–H groups in total. The second-order valence-corrected chi connectivity index (χ2v) is 8.00. The lowest BCUT2D eigenvalue weighted by atomic mass is 10.1. The topological polar surface area (TPSA) is 73.7 Å². The fourth-order valence-electron chi connectivity index (χ4n) is 2.69. The first-order valence-corrected chi connectivity index (χ1v) is 9.08. The van der Waals surface area contributed by atoms with Crippen LogP contribution in [-0.2, 0) is 38.9 Å². The molecule has 0 radical (unpaired) electrons. The Hall–Kier alpha value is -1.74. The van der Waals surface area contributed by atoms with Crippen molar-refractivity contribution < 1.29 is 17.9 Å². The molecular formula is C16H21N3O4S. The monoisotopic (exact) mass is 351 g/mol. The summed E-state index contributed by atoms with van der Waals surface area (Å²) in [6.07, 6.45) is 3.45. The van der Waals surface area contributed by atoms with Crippen LogP contribution in [0.25, 0.3) is 0 Å². The van der Waals surface area contributed by atoms with Crippen LogP contribution in [0, 0.1) is 0 Å². The van der Waals surface area contributed by atoms with Crippen molar-refractivity contribution in [1.29, 1.82) is 0 Å². The molecule has 0 unspecified atom stereocenters. The molecule has 0 bridgehead atoms. The number of aromatic nitrogens is 2. The summed E-state index contributed by atoms with van der Waals surface area (Å²) in [5, 5.41) is 4.06. The molecule has 24 heavy (non-hydrogen) atoms. The molecule has 8 heteroatoms. The molecule has 1 aliphatic heterocycles. The van der Waals surface area contributed by atoms with Gasteiger partial charge in [0.05, 0.1) is 24.3 Å². The molecule has 1 aromatic carbocycles. The van der Waals surface area contributed by atoms with Crippen LogP contribution in [0.1, 0.15) is 18.1 Å². The minimum Gasteiger partial charge on any atom is -0.344 e. The maximum absolute atomic E-state index is 12.7. The highest BCUT2D eigenvalue weighted by molar-refractivity contribution is 7.89. The third-order valence-electron chi connectivity index (χ3n) is 4.09. The van der Waals surface area contributed by atoms with Crippen molar-refractivity contribution >= 4 is 10.0 Å². The Morgan fingerprint density at radius 1 is 1.25 bits per heavy atom. The van der Waals surface area contributed by atoms with E-state index in [1.54, 1.807) is 55.4 Å². The minimum atomic E-state index is -3.57. The highest BCUT2D eigenvalue weighted by atomic mass is 32.2. The summed E-state index contributed by atoms with van der Waals surface area (Å²) in [5.74, 6) is -0.802. The van der Waals surface area contributed by atoms with E-state index in [1.165, 1.54) is 4.31 Å². The van der Waals surface area contributed by atoms with E-state index in [1.807, 2.05) is 6.92 Å². The van der Waals surface area contributed by atoms with Crippen LogP contribution < -0.4 is 0 Å². The molecule has 3 rings (SSSR count). The van der Waals surface area contributed by atoms with Gasteiger partial charge in [0.25, 0.3) is 0 Å². The Kier molecular flexibility index (Phi) is 4.48. The fourth-order valence-corrected chi connectivity index (χ4v) is 3.85. The lowest BCUT2D eigenvalue weighted by Crippen LogP contribution is -2.27. The van der Waals surface area contributed by atoms with Gasteiger partial charge >= 0.3 is 0 Å². The number of aryl methyl sites for hydroxylation is 1. The van der Waals surface area contributed by atoms with Crippen molar-refractivity contribution in [3.63, 3.8) is 0 Å². The van der Waals surface area contributed by atoms with Gasteiger partial charge in [0.2, 0.25) is 10.0 Å². The smallest absolute Gasteiger partial charge is 0.243 e. The number of benzene rings is 1. The first kappa shape index (κ1) is 17.1. The predicted molar refractivity (Wildman–Crippen MR) is 87.6 cm³/mol. The van der Waals surface area contributed by atoms with Gasteiger partial charge in [-0.15, -0.1) is 0 Å². The molecule has 130 valence electrons. The van der Waals surface area contributed by atoms with E-state index in [2.05, 4.69) is 5.10 Å². The maximum atomic E-state index is 12.7. The molecular weight excluding hydrogens is 330 g/mol. The third kappa shape index (κ3) is 3.23. The minimum absolute atomic E-state index is 0.235. The first-order valence-electron chi connectivity index (χ1n) is 7.63. The summed E-state index contributed by atoms with van der Waals surface area (Å²) in [6.45, 7) is 3.16. The second kappa shape index (κ2) is 6.29. The predicted octanol–water partition coefficient (Wildman–Crippen LogP) is 1.46. The molecule has 0 aliphatic carbocycles. The van der Waals surface area contributed by atoms with Gasteiger partial charge in [-0.3, -0.25) is 4.68 Å². The number of ether oxygens (including phenoxy) is 2.